The summed E-state index contributed by atoms with van der Waals surface area (Å²) in [6.45, 7) is 5.93. The zero-order chi connectivity index (χ0) is 15.2. The number of aryl methyl sites for hydroxylation is 1. The van der Waals surface area contributed by atoms with Gasteiger partial charge in [-0.05, 0) is 36.6 Å². The normalized spacial score (nSPS) is 10.5. The van der Waals surface area contributed by atoms with E-state index in [0.717, 1.165) is 30.2 Å². The van der Waals surface area contributed by atoms with Crippen LogP contribution in [0.15, 0.2) is 36.4 Å². The molecular weight excluding hydrogens is 262 g/mol. The Hall–Kier alpha value is -2.00. The van der Waals surface area contributed by atoms with Gasteiger partial charge in [0.05, 0.1) is 14.2 Å². The Kier molecular flexibility index (Phi) is 5.23. The lowest BCUT2D eigenvalue weighted by molar-refractivity contribution is 0.390. The Balaban J connectivity index is 2.02. The Labute approximate surface area is 126 Å². The van der Waals surface area contributed by atoms with Crippen LogP contribution in [0.3, 0.4) is 0 Å². The first-order valence-electron chi connectivity index (χ1n) is 7.12. The third-order valence-electron chi connectivity index (χ3n) is 3.84. The van der Waals surface area contributed by atoms with Crippen LogP contribution in [-0.4, -0.2) is 14.2 Å². The van der Waals surface area contributed by atoms with Gasteiger partial charge in [0.15, 0.2) is 0 Å². The van der Waals surface area contributed by atoms with E-state index in [1.54, 1.807) is 14.2 Å². The second-order valence-electron chi connectivity index (χ2n) is 5.14. The van der Waals surface area contributed by atoms with Crippen LogP contribution in [-0.2, 0) is 13.1 Å². The van der Waals surface area contributed by atoms with Crippen LogP contribution in [0.25, 0.3) is 0 Å². The molecule has 0 radical (unpaired) electrons. The van der Waals surface area contributed by atoms with E-state index in [1.807, 2.05) is 18.2 Å². The monoisotopic (exact) mass is 285 g/mol. The second kappa shape index (κ2) is 7.14. The molecule has 0 saturated carbocycles. The Morgan fingerprint density at radius 2 is 1.67 bits per heavy atom. The van der Waals surface area contributed by atoms with E-state index in [0.29, 0.717) is 0 Å². The summed E-state index contributed by atoms with van der Waals surface area (Å²) < 4.78 is 10.6. The van der Waals surface area contributed by atoms with E-state index in [1.165, 1.54) is 16.7 Å². The van der Waals surface area contributed by atoms with Gasteiger partial charge < -0.3 is 14.8 Å². The number of benzene rings is 2. The minimum absolute atomic E-state index is 0.764. The number of hydrogen-bond acceptors (Lipinski definition) is 3. The van der Waals surface area contributed by atoms with Crippen LogP contribution in [0.1, 0.15) is 22.3 Å². The first-order chi connectivity index (χ1) is 10.2. The average molecular weight is 285 g/mol. The van der Waals surface area contributed by atoms with Gasteiger partial charge in [-0.2, -0.15) is 0 Å². The number of rotatable bonds is 6. The molecule has 0 atom stereocenters. The molecule has 3 nitrogen and oxygen atoms in total. The molecule has 0 fully saturated rings. The van der Waals surface area contributed by atoms with Crippen molar-refractivity contribution in [2.45, 2.75) is 26.9 Å². The Bertz CT molecular complexity index is 608. The third-order valence-corrected chi connectivity index (χ3v) is 3.84. The van der Waals surface area contributed by atoms with Crippen LogP contribution in [0.2, 0.25) is 0 Å². The van der Waals surface area contributed by atoms with Crippen molar-refractivity contribution in [3.63, 3.8) is 0 Å². The van der Waals surface area contributed by atoms with E-state index >= 15 is 0 Å². The van der Waals surface area contributed by atoms with Crippen LogP contribution < -0.4 is 14.8 Å². The zero-order valence-electron chi connectivity index (χ0n) is 13.2. The summed E-state index contributed by atoms with van der Waals surface area (Å²) in [5, 5.41) is 3.48. The molecule has 2 aromatic carbocycles. The quantitative estimate of drug-likeness (QED) is 0.879. The highest BCUT2D eigenvalue weighted by molar-refractivity contribution is 5.40. The fourth-order valence-corrected chi connectivity index (χ4v) is 2.33. The maximum atomic E-state index is 5.41. The van der Waals surface area contributed by atoms with Crippen molar-refractivity contribution in [1.29, 1.82) is 0 Å². The zero-order valence-corrected chi connectivity index (χ0v) is 13.2. The molecule has 0 aromatic heterocycles. The standard InChI is InChI=1S/C18H23NO2/c1-13-6-5-7-15(14(13)2)11-19-12-16-8-9-17(20-3)10-18(16)21-4/h5-10,19H,11-12H2,1-4H3. The SMILES string of the molecule is COc1ccc(CNCc2cccc(C)c2C)c(OC)c1. The third kappa shape index (κ3) is 3.76. The minimum atomic E-state index is 0.764. The Morgan fingerprint density at radius 1 is 0.905 bits per heavy atom. The fraction of sp³-hybridized carbons (Fsp3) is 0.333. The van der Waals surface area contributed by atoms with E-state index < -0.39 is 0 Å². The molecule has 0 aliphatic heterocycles. The molecule has 0 heterocycles. The van der Waals surface area contributed by atoms with Crippen molar-refractivity contribution in [2.75, 3.05) is 14.2 Å². The molecule has 0 bridgehead atoms. The topological polar surface area (TPSA) is 30.5 Å². The van der Waals surface area contributed by atoms with Gasteiger partial charge in [0, 0.05) is 24.7 Å². The van der Waals surface area contributed by atoms with Gasteiger partial charge in [0.25, 0.3) is 0 Å². The fourth-order valence-electron chi connectivity index (χ4n) is 2.33. The largest absolute Gasteiger partial charge is 0.497 e. The van der Waals surface area contributed by atoms with Crippen molar-refractivity contribution >= 4 is 0 Å². The number of hydrogen-bond donors (Lipinski definition) is 1. The van der Waals surface area contributed by atoms with Gasteiger partial charge in [0.2, 0.25) is 0 Å². The first-order valence-corrected chi connectivity index (χ1v) is 7.12. The Morgan fingerprint density at radius 3 is 2.38 bits per heavy atom. The van der Waals surface area contributed by atoms with E-state index in [9.17, 15) is 0 Å². The highest BCUT2D eigenvalue weighted by Gasteiger charge is 2.05. The molecule has 0 unspecified atom stereocenters. The number of ether oxygens (including phenoxy) is 2. The summed E-state index contributed by atoms with van der Waals surface area (Å²) in [7, 11) is 3.34. The summed E-state index contributed by atoms with van der Waals surface area (Å²) in [6, 6.07) is 12.3. The molecule has 0 amide bonds. The summed E-state index contributed by atoms with van der Waals surface area (Å²) in [6.07, 6.45) is 0. The first kappa shape index (κ1) is 15.4. The van der Waals surface area contributed by atoms with E-state index in [4.69, 9.17) is 9.47 Å². The lowest BCUT2D eigenvalue weighted by Gasteiger charge is -2.13. The maximum absolute atomic E-state index is 5.41. The van der Waals surface area contributed by atoms with Crippen molar-refractivity contribution < 1.29 is 9.47 Å². The second-order valence-corrected chi connectivity index (χ2v) is 5.14. The highest BCUT2D eigenvalue weighted by atomic mass is 16.5. The predicted molar refractivity (Wildman–Crippen MR) is 86.0 cm³/mol. The number of methoxy groups -OCH3 is 2. The molecule has 0 aliphatic rings. The molecule has 2 rings (SSSR count). The van der Waals surface area contributed by atoms with Crippen molar-refractivity contribution in [3.05, 3.63) is 58.7 Å². The van der Waals surface area contributed by atoms with E-state index in [-0.39, 0.29) is 0 Å². The van der Waals surface area contributed by atoms with Gasteiger partial charge in [0.1, 0.15) is 11.5 Å². The average Bonchev–Trinajstić information content (AvgIpc) is 2.51. The molecule has 21 heavy (non-hydrogen) atoms. The lowest BCUT2D eigenvalue weighted by Crippen LogP contribution is -2.14. The molecule has 2 aromatic rings. The van der Waals surface area contributed by atoms with E-state index in [2.05, 4.69) is 37.4 Å². The number of nitrogens with one attached hydrogen (secondary N) is 1. The smallest absolute Gasteiger partial charge is 0.127 e. The van der Waals surface area contributed by atoms with Crippen LogP contribution in [0, 0.1) is 13.8 Å². The van der Waals surface area contributed by atoms with Gasteiger partial charge in [-0.3, -0.25) is 0 Å². The van der Waals surface area contributed by atoms with Crippen LogP contribution >= 0.6 is 0 Å². The molecule has 0 saturated heterocycles. The molecule has 0 spiro atoms. The van der Waals surface area contributed by atoms with Crippen molar-refractivity contribution in [1.82, 2.24) is 5.32 Å². The van der Waals surface area contributed by atoms with Crippen LogP contribution in [0.5, 0.6) is 11.5 Å². The van der Waals surface area contributed by atoms with Gasteiger partial charge in [-0.25, -0.2) is 0 Å². The molecule has 3 heteroatoms. The lowest BCUT2D eigenvalue weighted by atomic mass is 10.0. The summed E-state index contributed by atoms with van der Waals surface area (Å²) in [5.41, 5.74) is 5.15. The minimum Gasteiger partial charge on any atom is -0.497 e. The molecule has 0 aliphatic carbocycles. The van der Waals surface area contributed by atoms with Gasteiger partial charge in [-0.15, -0.1) is 0 Å². The highest BCUT2D eigenvalue weighted by Crippen LogP contribution is 2.24. The predicted octanol–water partition coefficient (Wildman–Crippen LogP) is 3.61. The van der Waals surface area contributed by atoms with Gasteiger partial charge >= 0.3 is 0 Å². The summed E-state index contributed by atoms with van der Waals surface area (Å²) in [5.74, 6) is 1.66. The molecule has 1 N–H and O–H groups in total. The van der Waals surface area contributed by atoms with Crippen LogP contribution in [0.4, 0.5) is 0 Å². The molecular formula is C18H23NO2. The summed E-state index contributed by atoms with van der Waals surface area (Å²) >= 11 is 0. The van der Waals surface area contributed by atoms with Crippen molar-refractivity contribution in [3.8, 4) is 11.5 Å². The summed E-state index contributed by atoms with van der Waals surface area (Å²) in [4.78, 5) is 0. The van der Waals surface area contributed by atoms with Crippen molar-refractivity contribution in [2.24, 2.45) is 0 Å². The molecule has 112 valence electrons. The van der Waals surface area contributed by atoms with Gasteiger partial charge in [-0.1, -0.05) is 24.3 Å². The maximum Gasteiger partial charge on any atom is 0.127 e.